The van der Waals surface area contributed by atoms with Crippen molar-refractivity contribution in [3.05, 3.63) is 41.4 Å². The fourth-order valence-corrected chi connectivity index (χ4v) is 3.41. The maximum Gasteiger partial charge on any atom is 0.138 e. The van der Waals surface area contributed by atoms with Crippen molar-refractivity contribution in [2.45, 2.75) is 25.8 Å². The monoisotopic (exact) mass is 369 g/mol. The van der Waals surface area contributed by atoms with Gasteiger partial charge in [0, 0.05) is 11.6 Å². The summed E-state index contributed by atoms with van der Waals surface area (Å²) in [5.74, 6) is 0.860. The molecule has 24 heavy (non-hydrogen) atoms. The molecule has 1 fully saturated rings. The van der Waals surface area contributed by atoms with Gasteiger partial charge in [0.1, 0.15) is 12.7 Å². The minimum absolute atomic E-state index is 0. The molecule has 5 nitrogen and oxygen atoms in total. The van der Waals surface area contributed by atoms with Crippen LogP contribution in [0, 0.1) is 5.92 Å². The Bertz CT molecular complexity index is 609. The summed E-state index contributed by atoms with van der Waals surface area (Å²) < 4.78 is 1.79. The molecule has 2 aromatic rings. The molecule has 0 amide bonds. The summed E-state index contributed by atoms with van der Waals surface area (Å²) >= 11 is 6.16. The lowest BCUT2D eigenvalue weighted by Gasteiger charge is -2.32. The van der Waals surface area contributed by atoms with Gasteiger partial charge in [-0.05, 0) is 69.6 Å². The smallest absolute Gasteiger partial charge is 0.138 e. The minimum atomic E-state index is 0. The Balaban J connectivity index is 0.00000208. The van der Waals surface area contributed by atoms with Gasteiger partial charge in [-0.1, -0.05) is 17.7 Å². The number of hydrogen-bond acceptors (Lipinski definition) is 4. The van der Waals surface area contributed by atoms with Gasteiger partial charge in [-0.25, -0.2) is 9.67 Å². The summed E-state index contributed by atoms with van der Waals surface area (Å²) in [5, 5.41) is 8.23. The zero-order valence-corrected chi connectivity index (χ0v) is 15.6. The highest BCUT2D eigenvalue weighted by Crippen LogP contribution is 2.25. The number of nitrogens with zero attached hydrogens (tertiary/aromatic N) is 4. The molecule has 1 aliphatic rings. The highest BCUT2D eigenvalue weighted by atomic mass is 35.5. The third-order valence-electron chi connectivity index (χ3n) is 4.62. The van der Waals surface area contributed by atoms with E-state index in [1.807, 2.05) is 19.2 Å². The van der Waals surface area contributed by atoms with Gasteiger partial charge < -0.3 is 5.32 Å². The van der Waals surface area contributed by atoms with E-state index in [0.29, 0.717) is 0 Å². The Hall–Kier alpha value is -1.14. The van der Waals surface area contributed by atoms with Crippen molar-refractivity contribution in [1.82, 2.24) is 25.0 Å². The van der Waals surface area contributed by atoms with Crippen molar-refractivity contribution in [3.63, 3.8) is 0 Å². The van der Waals surface area contributed by atoms with Crippen molar-refractivity contribution in [1.29, 1.82) is 0 Å². The Morgan fingerprint density at radius 1 is 1.29 bits per heavy atom. The Kier molecular flexibility index (Phi) is 7.49. The van der Waals surface area contributed by atoms with Crippen LogP contribution in [0.2, 0.25) is 5.02 Å². The molecule has 1 aromatic heterocycles. The number of hydrogen-bond donors (Lipinski definition) is 1. The van der Waals surface area contributed by atoms with Crippen molar-refractivity contribution >= 4 is 24.0 Å². The summed E-state index contributed by atoms with van der Waals surface area (Å²) in [4.78, 5) is 6.57. The minimum Gasteiger partial charge on any atom is -0.320 e. The second kappa shape index (κ2) is 9.37. The van der Waals surface area contributed by atoms with E-state index in [9.17, 15) is 0 Å². The molecule has 1 N–H and O–H groups in total. The molecule has 132 valence electrons. The summed E-state index contributed by atoms with van der Waals surface area (Å²) in [6.07, 6.45) is 7.13. The van der Waals surface area contributed by atoms with Gasteiger partial charge in [0.15, 0.2) is 0 Å². The molecule has 0 spiro atoms. The van der Waals surface area contributed by atoms with Crippen LogP contribution in [-0.2, 0) is 6.54 Å². The van der Waals surface area contributed by atoms with Gasteiger partial charge in [0.05, 0.1) is 5.69 Å². The first kappa shape index (κ1) is 19.2. The van der Waals surface area contributed by atoms with Gasteiger partial charge in [-0.3, -0.25) is 4.90 Å². The van der Waals surface area contributed by atoms with E-state index >= 15 is 0 Å². The van der Waals surface area contributed by atoms with E-state index < -0.39 is 0 Å². The van der Waals surface area contributed by atoms with Crippen molar-refractivity contribution in [3.8, 4) is 5.69 Å². The molecular weight excluding hydrogens is 345 g/mol. The molecule has 0 saturated carbocycles. The molecule has 1 aromatic carbocycles. The third-order valence-corrected chi connectivity index (χ3v) is 4.85. The number of piperidine rings is 1. The molecule has 1 saturated heterocycles. The quantitative estimate of drug-likeness (QED) is 0.849. The molecule has 3 rings (SSSR count). The molecule has 0 unspecified atom stereocenters. The molecule has 0 bridgehead atoms. The van der Waals surface area contributed by atoms with Crippen LogP contribution in [0.15, 0.2) is 30.9 Å². The fourth-order valence-electron chi connectivity index (χ4n) is 3.24. The SMILES string of the molecule is CNCCC1CCN(Cc2ccc(Cl)cc2-n2cncn2)CC1.Cl. The number of halogens is 2. The standard InChI is InChI=1S/C17H24ClN5.ClH/c1-19-7-4-14-5-8-22(9-6-14)11-15-2-3-16(18)10-17(15)23-13-20-12-21-23;/h2-3,10,12-14,19H,4-9,11H2,1H3;1H. The zero-order valence-electron chi connectivity index (χ0n) is 14.0. The second-order valence-electron chi connectivity index (χ2n) is 6.22. The molecule has 0 atom stereocenters. The maximum atomic E-state index is 6.16. The zero-order chi connectivity index (χ0) is 16.1. The first-order valence-corrected chi connectivity index (χ1v) is 8.64. The largest absolute Gasteiger partial charge is 0.320 e. The van der Waals surface area contributed by atoms with E-state index in [2.05, 4.69) is 26.4 Å². The fraction of sp³-hybridized carbons (Fsp3) is 0.529. The predicted octanol–water partition coefficient (Wildman–Crippen LogP) is 3.16. The van der Waals surface area contributed by atoms with E-state index in [1.165, 1.54) is 24.8 Å². The molecule has 0 radical (unpaired) electrons. The van der Waals surface area contributed by atoms with Gasteiger partial charge in [0.25, 0.3) is 0 Å². The van der Waals surface area contributed by atoms with Crippen LogP contribution in [-0.4, -0.2) is 46.3 Å². The number of aromatic nitrogens is 3. The van der Waals surface area contributed by atoms with Crippen LogP contribution in [0.3, 0.4) is 0 Å². The normalized spacial score (nSPS) is 16.1. The first-order valence-electron chi connectivity index (χ1n) is 8.26. The lowest BCUT2D eigenvalue weighted by molar-refractivity contribution is 0.172. The number of nitrogens with one attached hydrogen (secondary N) is 1. The van der Waals surface area contributed by atoms with Gasteiger partial charge >= 0.3 is 0 Å². The van der Waals surface area contributed by atoms with Crippen LogP contribution >= 0.6 is 24.0 Å². The van der Waals surface area contributed by atoms with Crippen molar-refractivity contribution < 1.29 is 0 Å². The first-order chi connectivity index (χ1) is 11.3. The highest BCUT2D eigenvalue weighted by Gasteiger charge is 2.20. The van der Waals surface area contributed by atoms with Gasteiger partial charge in [-0.15, -0.1) is 12.4 Å². The number of rotatable bonds is 6. The van der Waals surface area contributed by atoms with Crippen LogP contribution in [0.1, 0.15) is 24.8 Å². The predicted molar refractivity (Wildman–Crippen MR) is 100 cm³/mol. The van der Waals surface area contributed by atoms with E-state index in [0.717, 1.165) is 42.8 Å². The summed E-state index contributed by atoms with van der Waals surface area (Å²) in [5.41, 5.74) is 2.26. The van der Waals surface area contributed by atoms with Crippen molar-refractivity contribution in [2.75, 3.05) is 26.7 Å². The molecule has 7 heteroatoms. The third kappa shape index (κ3) is 4.93. The van der Waals surface area contributed by atoms with Crippen LogP contribution < -0.4 is 5.32 Å². The Morgan fingerprint density at radius 3 is 2.75 bits per heavy atom. The van der Waals surface area contributed by atoms with E-state index in [4.69, 9.17) is 11.6 Å². The lowest BCUT2D eigenvalue weighted by atomic mass is 9.93. The molecule has 2 heterocycles. The topological polar surface area (TPSA) is 46.0 Å². The molecule has 0 aliphatic carbocycles. The summed E-state index contributed by atoms with van der Waals surface area (Å²) in [7, 11) is 2.03. The van der Waals surface area contributed by atoms with Gasteiger partial charge in [0.2, 0.25) is 0 Å². The number of likely N-dealkylation sites (tertiary alicyclic amines) is 1. The average Bonchev–Trinajstić information content (AvgIpc) is 3.10. The van der Waals surface area contributed by atoms with Crippen molar-refractivity contribution in [2.24, 2.45) is 5.92 Å². The van der Waals surface area contributed by atoms with E-state index in [1.54, 1.807) is 17.3 Å². The maximum absolute atomic E-state index is 6.16. The Morgan fingerprint density at radius 2 is 2.08 bits per heavy atom. The summed E-state index contributed by atoms with van der Waals surface area (Å²) in [6, 6.07) is 6.02. The second-order valence-corrected chi connectivity index (χ2v) is 6.66. The molecular formula is C17H25Cl2N5. The van der Waals surface area contributed by atoms with Crippen LogP contribution in [0.4, 0.5) is 0 Å². The van der Waals surface area contributed by atoms with E-state index in [-0.39, 0.29) is 12.4 Å². The average molecular weight is 370 g/mol. The summed E-state index contributed by atoms with van der Waals surface area (Å²) in [6.45, 7) is 4.38. The van der Waals surface area contributed by atoms with Gasteiger partial charge in [-0.2, -0.15) is 5.10 Å². The lowest BCUT2D eigenvalue weighted by Crippen LogP contribution is -2.34. The Labute approximate surface area is 154 Å². The molecule has 1 aliphatic heterocycles. The van der Waals surface area contributed by atoms with Crippen LogP contribution in [0.25, 0.3) is 5.69 Å². The van der Waals surface area contributed by atoms with Crippen LogP contribution in [0.5, 0.6) is 0 Å². The highest BCUT2D eigenvalue weighted by molar-refractivity contribution is 6.30. The number of benzene rings is 1.